The summed E-state index contributed by atoms with van der Waals surface area (Å²) in [6.07, 6.45) is 6.84. The molecule has 0 aromatic rings. The summed E-state index contributed by atoms with van der Waals surface area (Å²) in [6, 6.07) is 0. The Hall–Kier alpha value is -0.570. The summed E-state index contributed by atoms with van der Waals surface area (Å²) >= 11 is 0. The molecule has 1 amide bonds. The highest BCUT2D eigenvalue weighted by Gasteiger charge is 2.44. The van der Waals surface area contributed by atoms with Crippen LogP contribution in [0, 0.1) is 5.92 Å². The maximum absolute atomic E-state index is 11.3. The van der Waals surface area contributed by atoms with E-state index in [0.717, 1.165) is 19.4 Å². The highest BCUT2D eigenvalue weighted by molar-refractivity contribution is 5.79. The summed E-state index contributed by atoms with van der Waals surface area (Å²) in [6.45, 7) is 1.04. The summed E-state index contributed by atoms with van der Waals surface area (Å²) in [5.41, 5.74) is 0.151. The number of carbonyl (C=O) groups excluding carboxylic acids is 1. The molecule has 1 spiro atoms. The van der Waals surface area contributed by atoms with Gasteiger partial charge in [-0.1, -0.05) is 12.8 Å². The monoisotopic (exact) mass is 196 g/mol. The highest BCUT2D eigenvalue weighted by Crippen LogP contribution is 2.39. The van der Waals surface area contributed by atoms with Crippen molar-refractivity contribution >= 4 is 5.91 Å². The second kappa shape index (κ2) is 3.89. The zero-order chi connectivity index (χ0) is 10.0. The minimum atomic E-state index is 0.151. The van der Waals surface area contributed by atoms with E-state index < -0.39 is 0 Å². The van der Waals surface area contributed by atoms with E-state index in [4.69, 9.17) is 0 Å². The molecule has 0 aromatic heterocycles. The fourth-order valence-corrected chi connectivity index (χ4v) is 3.09. The fraction of sp³-hybridized carbons (Fsp3) is 0.909. The van der Waals surface area contributed by atoms with Crippen molar-refractivity contribution in [2.24, 2.45) is 5.92 Å². The van der Waals surface area contributed by atoms with Crippen molar-refractivity contribution in [1.29, 1.82) is 0 Å². The van der Waals surface area contributed by atoms with E-state index in [9.17, 15) is 4.79 Å². The van der Waals surface area contributed by atoms with Crippen LogP contribution in [0.4, 0.5) is 0 Å². The molecule has 0 unspecified atom stereocenters. The second-order valence-electron chi connectivity index (χ2n) is 4.70. The van der Waals surface area contributed by atoms with Gasteiger partial charge in [0.15, 0.2) is 0 Å². The van der Waals surface area contributed by atoms with Crippen molar-refractivity contribution in [1.82, 2.24) is 10.6 Å². The Morgan fingerprint density at radius 3 is 3.00 bits per heavy atom. The van der Waals surface area contributed by atoms with Crippen molar-refractivity contribution in [2.45, 2.75) is 44.1 Å². The van der Waals surface area contributed by atoms with E-state index in [1.807, 2.05) is 7.05 Å². The Morgan fingerprint density at radius 2 is 2.36 bits per heavy atom. The van der Waals surface area contributed by atoms with E-state index in [1.165, 1.54) is 25.7 Å². The number of hydrogen-bond acceptors (Lipinski definition) is 2. The molecule has 2 fully saturated rings. The zero-order valence-corrected chi connectivity index (χ0v) is 8.94. The molecule has 80 valence electrons. The molecule has 1 aliphatic heterocycles. The average Bonchev–Trinajstić information content (AvgIpc) is 2.53. The predicted molar refractivity (Wildman–Crippen MR) is 56.0 cm³/mol. The highest BCUT2D eigenvalue weighted by atomic mass is 16.2. The molecular formula is C11H20N2O. The maximum Gasteiger partial charge on any atom is 0.220 e. The lowest BCUT2D eigenvalue weighted by Crippen LogP contribution is -2.52. The van der Waals surface area contributed by atoms with Gasteiger partial charge >= 0.3 is 0 Å². The van der Waals surface area contributed by atoms with Gasteiger partial charge in [-0.25, -0.2) is 0 Å². The molecule has 1 heterocycles. The van der Waals surface area contributed by atoms with Crippen LogP contribution in [0.2, 0.25) is 0 Å². The lowest BCUT2D eigenvalue weighted by atomic mass is 9.72. The quantitative estimate of drug-likeness (QED) is 0.693. The third-order valence-electron chi connectivity index (χ3n) is 3.84. The maximum atomic E-state index is 11.3. The molecule has 2 atom stereocenters. The minimum absolute atomic E-state index is 0.151. The van der Waals surface area contributed by atoms with Crippen LogP contribution in [-0.4, -0.2) is 25.0 Å². The van der Waals surface area contributed by atoms with Crippen LogP contribution in [0.1, 0.15) is 38.5 Å². The van der Waals surface area contributed by atoms with Gasteiger partial charge in [0, 0.05) is 12.0 Å². The van der Waals surface area contributed by atoms with E-state index in [1.54, 1.807) is 0 Å². The van der Waals surface area contributed by atoms with E-state index >= 15 is 0 Å². The standard InChI is InChI=1S/C11H20N2O/c1-12-8-9-4-2-3-6-11(9)7-5-10(14)13-11/h9,12H,2-8H2,1H3,(H,13,14)/t9-,11+/m1/s1. The summed E-state index contributed by atoms with van der Waals surface area (Å²) in [4.78, 5) is 11.3. The predicted octanol–water partition coefficient (Wildman–Crippen LogP) is 1.04. The molecule has 1 saturated carbocycles. The molecule has 0 aromatic carbocycles. The number of nitrogens with one attached hydrogen (secondary N) is 2. The molecule has 1 aliphatic carbocycles. The molecule has 3 nitrogen and oxygen atoms in total. The van der Waals surface area contributed by atoms with Crippen LogP contribution in [-0.2, 0) is 4.79 Å². The smallest absolute Gasteiger partial charge is 0.220 e. The van der Waals surface area contributed by atoms with Gasteiger partial charge in [0.05, 0.1) is 0 Å². The van der Waals surface area contributed by atoms with Crippen molar-refractivity contribution in [3.8, 4) is 0 Å². The summed E-state index contributed by atoms with van der Waals surface area (Å²) in [5, 5.41) is 6.48. The Kier molecular flexibility index (Phi) is 2.77. The Morgan fingerprint density at radius 1 is 1.50 bits per heavy atom. The summed E-state index contributed by atoms with van der Waals surface area (Å²) in [7, 11) is 2.00. The van der Waals surface area contributed by atoms with Crippen LogP contribution < -0.4 is 10.6 Å². The molecular weight excluding hydrogens is 176 g/mol. The second-order valence-corrected chi connectivity index (χ2v) is 4.70. The molecule has 0 radical (unpaired) electrons. The van der Waals surface area contributed by atoms with Gasteiger partial charge in [-0.15, -0.1) is 0 Å². The molecule has 2 aliphatic rings. The van der Waals surface area contributed by atoms with Gasteiger partial charge in [-0.3, -0.25) is 4.79 Å². The van der Waals surface area contributed by atoms with Gasteiger partial charge in [0.25, 0.3) is 0 Å². The first kappa shape index (κ1) is 9.97. The van der Waals surface area contributed by atoms with Crippen LogP contribution in [0.25, 0.3) is 0 Å². The van der Waals surface area contributed by atoms with Crippen LogP contribution in [0.3, 0.4) is 0 Å². The fourth-order valence-electron chi connectivity index (χ4n) is 3.09. The number of hydrogen-bond donors (Lipinski definition) is 2. The third-order valence-corrected chi connectivity index (χ3v) is 3.84. The van der Waals surface area contributed by atoms with Crippen LogP contribution in [0.5, 0.6) is 0 Å². The topological polar surface area (TPSA) is 41.1 Å². The molecule has 2 rings (SSSR count). The average molecular weight is 196 g/mol. The van der Waals surface area contributed by atoms with Crippen LogP contribution >= 0.6 is 0 Å². The van der Waals surface area contributed by atoms with Gasteiger partial charge in [0.2, 0.25) is 5.91 Å². The molecule has 14 heavy (non-hydrogen) atoms. The first-order valence-corrected chi connectivity index (χ1v) is 5.72. The van der Waals surface area contributed by atoms with Gasteiger partial charge in [-0.2, -0.15) is 0 Å². The van der Waals surface area contributed by atoms with Gasteiger partial charge in [0.1, 0.15) is 0 Å². The molecule has 2 N–H and O–H groups in total. The first-order valence-electron chi connectivity index (χ1n) is 5.72. The van der Waals surface area contributed by atoms with Crippen molar-refractivity contribution in [3.63, 3.8) is 0 Å². The largest absolute Gasteiger partial charge is 0.350 e. The zero-order valence-electron chi connectivity index (χ0n) is 8.94. The Balaban J connectivity index is 2.08. The minimum Gasteiger partial charge on any atom is -0.350 e. The van der Waals surface area contributed by atoms with E-state index in [-0.39, 0.29) is 11.4 Å². The lowest BCUT2D eigenvalue weighted by molar-refractivity contribution is -0.120. The van der Waals surface area contributed by atoms with E-state index in [2.05, 4.69) is 10.6 Å². The normalized spacial score (nSPS) is 37.5. The SMILES string of the molecule is CNC[C@H]1CCCC[C@]12CCC(=O)N2. The lowest BCUT2D eigenvalue weighted by Gasteiger charge is -2.41. The van der Waals surface area contributed by atoms with Gasteiger partial charge < -0.3 is 10.6 Å². The van der Waals surface area contributed by atoms with E-state index in [0.29, 0.717) is 5.92 Å². The third kappa shape index (κ3) is 1.65. The molecule has 3 heteroatoms. The number of carbonyl (C=O) groups is 1. The van der Waals surface area contributed by atoms with Crippen molar-refractivity contribution in [2.75, 3.05) is 13.6 Å². The number of rotatable bonds is 2. The van der Waals surface area contributed by atoms with Gasteiger partial charge in [-0.05, 0) is 38.8 Å². The Bertz CT molecular complexity index is 227. The summed E-state index contributed by atoms with van der Waals surface area (Å²) < 4.78 is 0. The van der Waals surface area contributed by atoms with Crippen molar-refractivity contribution < 1.29 is 4.79 Å². The first-order chi connectivity index (χ1) is 6.77. The van der Waals surface area contributed by atoms with Crippen molar-refractivity contribution in [3.05, 3.63) is 0 Å². The molecule has 1 saturated heterocycles. The molecule has 0 bridgehead atoms. The van der Waals surface area contributed by atoms with Crippen LogP contribution in [0.15, 0.2) is 0 Å². The number of amides is 1. The Labute approximate surface area is 85.6 Å². The summed E-state index contributed by atoms with van der Waals surface area (Å²) in [5.74, 6) is 0.903.